The first-order chi connectivity index (χ1) is 6.29. The standard InChI is InChI=1S/C8H8Cl2N2O/c1-2-13-8(12-10)6-4-3-5-11-7(6)9/h3-5H,2H2,1H3/b12-8-. The molecule has 0 amide bonds. The Labute approximate surface area is 86.5 Å². The van der Waals surface area contributed by atoms with Crippen molar-refractivity contribution < 1.29 is 4.74 Å². The van der Waals surface area contributed by atoms with Crippen molar-refractivity contribution >= 4 is 29.3 Å². The third kappa shape index (κ3) is 2.57. The van der Waals surface area contributed by atoms with Crippen LogP contribution in [0.25, 0.3) is 0 Å². The van der Waals surface area contributed by atoms with E-state index in [1.54, 1.807) is 18.3 Å². The van der Waals surface area contributed by atoms with E-state index < -0.39 is 0 Å². The van der Waals surface area contributed by atoms with Crippen LogP contribution in [0.4, 0.5) is 0 Å². The van der Waals surface area contributed by atoms with E-state index in [4.69, 9.17) is 28.1 Å². The molecule has 0 aromatic carbocycles. The highest BCUT2D eigenvalue weighted by atomic mass is 35.5. The first kappa shape index (κ1) is 10.3. The van der Waals surface area contributed by atoms with E-state index in [9.17, 15) is 0 Å². The minimum Gasteiger partial charge on any atom is -0.477 e. The number of rotatable bonds is 2. The first-order valence-electron chi connectivity index (χ1n) is 3.72. The first-order valence-corrected chi connectivity index (χ1v) is 4.43. The molecule has 0 bridgehead atoms. The van der Waals surface area contributed by atoms with Crippen molar-refractivity contribution in [1.29, 1.82) is 0 Å². The lowest BCUT2D eigenvalue weighted by molar-refractivity contribution is 0.329. The number of halogens is 2. The molecule has 70 valence electrons. The summed E-state index contributed by atoms with van der Waals surface area (Å²) in [4.78, 5) is 3.88. The third-order valence-electron chi connectivity index (χ3n) is 1.35. The van der Waals surface area contributed by atoms with E-state index in [-0.39, 0.29) is 0 Å². The average molecular weight is 219 g/mol. The van der Waals surface area contributed by atoms with Gasteiger partial charge in [-0.2, -0.15) is 0 Å². The lowest BCUT2D eigenvalue weighted by Gasteiger charge is -2.05. The van der Waals surface area contributed by atoms with Crippen LogP contribution < -0.4 is 0 Å². The molecule has 0 saturated heterocycles. The van der Waals surface area contributed by atoms with Crippen molar-refractivity contribution in [3.05, 3.63) is 29.0 Å². The van der Waals surface area contributed by atoms with Gasteiger partial charge in [-0.1, -0.05) is 11.6 Å². The maximum Gasteiger partial charge on any atom is 0.236 e. The summed E-state index contributed by atoms with van der Waals surface area (Å²) in [5.74, 6) is 0.294. The van der Waals surface area contributed by atoms with Gasteiger partial charge in [-0.3, -0.25) is 0 Å². The van der Waals surface area contributed by atoms with Crippen LogP contribution in [0.2, 0.25) is 5.15 Å². The van der Waals surface area contributed by atoms with Crippen LogP contribution in [0.3, 0.4) is 0 Å². The van der Waals surface area contributed by atoms with Gasteiger partial charge in [-0.15, -0.1) is 4.51 Å². The van der Waals surface area contributed by atoms with Gasteiger partial charge in [0.15, 0.2) is 0 Å². The highest BCUT2D eigenvalue weighted by Crippen LogP contribution is 2.13. The molecule has 13 heavy (non-hydrogen) atoms. The summed E-state index contributed by atoms with van der Waals surface area (Å²) in [5.41, 5.74) is 0.598. The molecule has 0 atom stereocenters. The highest BCUT2D eigenvalue weighted by molar-refractivity contribution is 6.33. The molecule has 0 aliphatic carbocycles. The van der Waals surface area contributed by atoms with Crippen molar-refractivity contribution in [2.24, 2.45) is 4.51 Å². The highest BCUT2D eigenvalue weighted by Gasteiger charge is 2.08. The predicted molar refractivity (Wildman–Crippen MR) is 53.3 cm³/mol. The van der Waals surface area contributed by atoms with Crippen LogP contribution >= 0.6 is 23.4 Å². The fraction of sp³-hybridized carbons (Fsp3) is 0.250. The van der Waals surface area contributed by atoms with Gasteiger partial charge in [-0.05, 0) is 19.1 Å². The molecule has 0 saturated carbocycles. The number of hydrogen-bond acceptors (Lipinski definition) is 3. The molecule has 1 aromatic heterocycles. The Kier molecular flexibility index (Phi) is 3.99. The number of nitrogens with zero attached hydrogens (tertiary/aromatic N) is 2. The summed E-state index contributed by atoms with van der Waals surface area (Å²) in [6.45, 7) is 2.32. The summed E-state index contributed by atoms with van der Waals surface area (Å²) < 4.78 is 8.60. The maximum atomic E-state index is 5.80. The predicted octanol–water partition coefficient (Wildman–Crippen LogP) is 2.67. The molecule has 1 heterocycles. The Hall–Kier alpha value is -0.800. The van der Waals surface area contributed by atoms with Crippen LogP contribution in [0.5, 0.6) is 0 Å². The largest absolute Gasteiger partial charge is 0.477 e. The minimum atomic E-state index is 0.294. The molecule has 0 aliphatic heterocycles. The SMILES string of the molecule is CCO/C(=N\Cl)c1cccnc1Cl. The van der Waals surface area contributed by atoms with Gasteiger partial charge in [-0.25, -0.2) is 4.98 Å². The van der Waals surface area contributed by atoms with Crippen LogP contribution in [-0.4, -0.2) is 17.5 Å². The second-order valence-electron chi connectivity index (χ2n) is 2.16. The Morgan fingerprint density at radius 2 is 2.46 bits per heavy atom. The van der Waals surface area contributed by atoms with E-state index in [0.717, 1.165) is 0 Å². The molecule has 1 aromatic rings. The van der Waals surface area contributed by atoms with Gasteiger partial charge in [0.2, 0.25) is 5.90 Å². The maximum absolute atomic E-state index is 5.80. The number of aromatic nitrogens is 1. The van der Waals surface area contributed by atoms with E-state index in [1.807, 2.05) is 6.92 Å². The van der Waals surface area contributed by atoms with Gasteiger partial charge in [0, 0.05) is 18.0 Å². The number of hydrogen-bond donors (Lipinski definition) is 0. The molecule has 5 heteroatoms. The molecule has 0 radical (unpaired) electrons. The smallest absolute Gasteiger partial charge is 0.236 e. The monoisotopic (exact) mass is 218 g/mol. The lowest BCUT2D eigenvalue weighted by Crippen LogP contribution is -2.06. The topological polar surface area (TPSA) is 34.5 Å². The van der Waals surface area contributed by atoms with Crippen LogP contribution in [0, 0.1) is 0 Å². The van der Waals surface area contributed by atoms with Crippen LogP contribution in [0.15, 0.2) is 22.8 Å². The molecular formula is C8H8Cl2N2O. The van der Waals surface area contributed by atoms with E-state index >= 15 is 0 Å². The molecule has 0 unspecified atom stereocenters. The van der Waals surface area contributed by atoms with E-state index in [1.165, 1.54) is 0 Å². The Bertz CT molecular complexity index is 315. The summed E-state index contributed by atoms with van der Waals surface area (Å²) in [5, 5.41) is 0.329. The molecule has 3 nitrogen and oxygen atoms in total. The molecule has 1 rings (SSSR count). The quantitative estimate of drug-likeness (QED) is 0.435. The number of pyridine rings is 1. The summed E-state index contributed by atoms with van der Waals surface area (Å²) >= 11 is 11.1. The zero-order chi connectivity index (χ0) is 9.68. The summed E-state index contributed by atoms with van der Waals surface area (Å²) in [7, 11) is 0. The van der Waals surface area contributed by atoms with Crippen LogP contribution in [-0.2, 0) is 4.74 Å². The lowest BCUT2D eigenvalue weighted by atomic mass is 10.3. The minimum absolute atomic E-state index is 0.294. The molecule has 0 fully saturated rings. The zero-order valence-corrected chi connectivity index (χ0v) is 8.51. The van der Waals surface area contributed by atoms with Crippen molar-refractivity contribution in [2.45, 2.75) is 6.92 Å². The van der Waals surface area contributed by atoms with E-state index in [0.29, 0.717) is 23.2 Å². The fourth-order valence-corrected chi connectivity index (χ4v) is 1.17. The molecular weight excluding hydrogens is 211 g/mol. The fourth-order valence-electron chi connectivity index (χ4n) is 0.830. The Morgan fingerprint density at radius 1 is 1.69 bits per heavy atom. The van der Waals surface area contributed by atoms with Gasteiger partial charge in [0.25, 0.3) is 0 Å². The van der Waals surface area contributed by atoms with Gasteiger partial charge < -0.3 is 4.74 Å². The second kappa shape index (κ2) is 5.04. The Balaban J connectivity index is 2.99. The van der Waals surface area contributed by atoms with Crippen molar-refractivity contribution in [1.82, 2.24) is 4.98 Å². The third-order valence-corrected chi connectivity index (χ3v) is 1.80. The molecule has 0 aliphatic rings. The average Bonchev–Trinajstić information content (AvgIpc) is 2.16. The van der Waals surface area contributed by atoms with Crippen molar-refractivity contribution in [3.8, 4) is 0 Å². The second-order valence-corrected chi connectivity index (χ2v) is 2.69. The van der Waals surface area contributed by atoms with Gasteiger partial charge in [0.1, 0.15) is 5.15 Å². The van der Waals surface area contributed by atoms with Crippen LogP contribution in [0.1, 0.15) is 12.5 Å². The zero-order valence-electron chi connectivity index (χ0n) is 7.00. The van der Waals surface area contributed by atoms with E-state index in [2.05, 4.69) is 9.50 Å². The summed E-state index contributed by atoms with van der Waals surface area (Å²) in [6.07, 6.45) is 1.59. The Morgan fingerprint density at radius 3 is 3.00 bits per heavy atom. The van der Waals surface area contributed by atoms with Gasteiger partial charge >= 0.3 is 0 Å². The van der Waals surface area contributed by atoms with Gasteiger partial charge in [0.05, 0.1) is 12.2 Å². The van der Waals surface area contributed by atoms with Crippen molar-refractivity contribution in [2.75, 3.05) is 6.61 Å². The normalized spacial score (nSPS) is 11.5. The molecule has 0 N–H and O–H groups in total. The molecule has 0 spiro atoms. The number of ether oxygens (including phenoxy) is 1. The van der Waals surface area contributed by atoms with Crippen molar-refractivity contribution in [3.63, 3.8) is 0 Å². The summed E-state index contributed by atoms with van der Waals surface area (Å²) in [6, 6.07) is 3.48.